The number of carbonyl (C=O) groups excluding carboxylic acids is 2. The molecule has 7 nitrogen and oxygen atoms in total. The van der Waals surface area contributed by atoms with E-state index >= 15 is 0 Å². The van der Waals surface area contributed by atoms with E-state index in [9.17, 15) is 14.7 Å². The third kappa shape index (κ3) is 6.48. The molecule has 4 rings (SSSR count). The highest BCUT2D eigenvalue weighted by Crippen LogP contribution is 2.25. The summed E-state index contributed by atoms with van der Waals surface area (Å²) < 4.78 is 0. The number of amides is 2. The highest BCUT2D eigenvalue weighted by Gasteiger charge is 2.28. The number of rotatable bonds is 9. The number of pyridine rings is 1. The molecule has 4 aromatic rings. The minimum atomic E-state index is -0.838. The van der Waals surface area contributed by atoms with Crippen LogP contribution in [0.3, 0.4) is 0 Å². The van der Waals surface area contributed by atoms with Gasteiger partial charge < -0.3 is 21.5 Å². The smallest absolute Gasteiger partial charge is 0.243 e. The van der Waals surface area contributed by atoms with Crippen molar-refractivity contribution in [1.82, 2.24) is 15.6 Å². The highest BCUT2D eigenvalue weighted by molar-refractivity contribution is 5.92. The van der Waals surface area contributed by atoms with Crippen molar-refractivity contribution < 1.29 is 14.7 Å². The summed E-state index contributed by atoms with van der Waals surface area (Å²) in [7, 11) is 0. The van der Waals surface area contributed by atoms with Crippen molar-refractivity contribution in [2.45, 2.75) is 24.9 Å². The molecule has 0 aliphatic carbocycles. The van der Waals surface area contributed by atoms with Crippen LogP contribution in [0.5, 0.6) is 5.75 Å². The third-order valence-corrected chi connectivity index (χ3v) is 5.85. The van der Waals surface area contributed by atoms with Gasteiger partial charge in [-0.2, -0.15) is 0 Å². The first-order valence-electron chi connectivity index (χ1n) is 11.7. The Hall–Kier alpha value is -4.65. The van der Waals surface area contributed by atoms with Crippen molar-refractivity contribution in [2.24, 2.45) is 0 Å². The maximum atomic E-state index is 13.7. The largest absolute Gasteiger partial charge is 0.508 e. The lowest BCUT2D eigenvalue weighted by Gasteiger charge is -2.23. The van der Waals surface area contributed by atoms with Gasteiger partial charge in [-0.25, -0.2) is 4.98 Å². The van der Waals surface area contributed by atoms with E-state index in [-0.39, 0.29) is 30.5 Å². The summed E-state index contributed by atoms with van der Waals surface area (Å²) in [5.41, 5.74) is 8.97. The molecule has 36 heavy (non-hydrogen) atoms. The van der Waals surface area contributed by atoms with Gasteiger partial charge in [0.15, 0.2) is 0 Å². The van der Waals surface area contributed by atoms with Gasteiger partial charge in [0.1, 0.15) is 17.6 Å². The van der Waals surface area contributed by atoms with Gasteiger partial charge in [0.2, 0.25) is 11.8 Å². The summed E-state index contributed by atoms with van der Waals surface area (Å²) in [5, 5.41) is 15.4. The zero-order valence-corrected chi connectivity index (χ0v) is 19.7. The fourth-order valence-electron chi connectivity index (χ4n) is 3.97. The molecular weight excluding hydrogens is 452 g/mol. The van der Waals surface area contributed by atoms with E-state index in [1.165, 1.54) is 0 Å². The topological polar surface area (TPSA) is 117 Å². The molecule has 7 heteroatoms. The molecule has 3 aromatic carbocycles. The Morgan fingerprint density at radius 2 is 1.36 bits per heavy atom. The maximum Gasteiger partial charge on any atom is 0.243 e. The normalized spacial score (nSPS) is 11.6. The molecule has 0 aliphatic rings. The van der Waals surface area contributed by atoms with Gasteiger partial charge >= 0.3 is 0 Å². The molecular formula is C29H28N4O3. The van der Waals surface area contributed by atoms with Crippen LogP contribution < -0.4 is 16.4 Å². The molecule has 0 bridgehead atoms. The number of aromatic nitrogens is 1. The average molecular weight is 481 g/mol. The molecule has 0 saturated heterocycles. The molecule has 1 unspecified atom stereocenters. The molecule has 182 valence electrons. The first kappa shape index (κ1) is 24.5. The van der Waals surface area contributed by atoms with E-state index in [1.807, 2.05) is 60.7 Å². The number of nitrogens with zero attached hydrogens (tertiary/aromatic N) is 1. The summed E-state index contributed by atoms with van der Waals surface area (Å²) in [4.78, 5) is 31.0. The van der Waals surface area contributed by atoms with E-state index in [4.69, 9.17) is 5.73 Å². The van der Waals surface area contributed by atoms with E-state index in [0.29, 0.717) is 5.82 Å². The van der Waals surface area contributed by atoms with E-state index in [0.717, 1.165) is 22.3 Å². The number of anilines is 1. The van der Waals surface area contributed by atoms with Crippen molar-refractivity contribution in [1.29, 1.82) is 0 Å². The van der Waals surface area contributed by atoms with Gasteiger partial charge in [-0.15, -0.1) is 0 Å². The summed E-state index contributed by atoms with van der Waals surface area (Å²) in [5.74, 6) is -0.652. The molecule has 1 aromatic heterocycles. The van der Waals surface area contributed by atoms with Crippen LogP contribution in [0.2, 0.25) is 0 Å². The number of hydrogen-bond acceptors (Lipinski definition) is 5. The molecule has 0 fully saturated rings. The molecule has 0 aliphatic heterocycles. The van der Waals surface area contributed by atoms with Crippen LogP contribution in [0, 0.1) is 0 Å². The van der Waals surface area contributed by atoms with Crippen LogP contribution in [0.1, 0.15) is 28.2 Å². The predicted octanol–water partition coefficient (Wildman–Crippen LogP) is 3.55. The number of carbonyl (C=O) groups is 2. The fraction of sp³-hybridized carbons (Fsp3) is 0.138. The van der Waals surface area contributed by atoms with Gasteiger partial charge in [-0.3, -0.25) is 9.59 Å². The minimum Gasteiger partial charge on any atom is -0.508 e. The number of phenolic OH excluding ortho intramolecular Hbond substituents is 1. The Balaban J connectivity index is 1.57. The Labute approximate surface area is 210 Å². The Kier molecular flexibility index (Phi) is 7.93. The van der Waals surface area contributed by atoms with Crippen molar-refractivity contribution in [2.75, 3.05) is 5.73 Å². The molecule has 2 amide bonds. The summed E-state index contributed by atoms with van der Waals surface area (Å²) in [6, 6.07) is 28.2. The lowest BCUT2D eigenvalue weighted by molar-refractivity contribution is -0.129. The second kappa shape index (κ2) is 11.7. The Morgan fingerprint density at radius 3 is 1.92 bits per heavy atom. The number of benzene rings is 3. The SMILES string of the molecule is Nc1ccc(CC(NC(=O)C(c2ccccc2)c2ccccc2)C(=O)NCc2ccc(O)cc2)cn1. The second-order valence-electron chi connectivity index (χ2n) is 8.50. The first-order chi connectivity index (χ1) is 17.5. The maximum absolute atomic E-state index is 13.7. The van der Waals surface area contributed by atoms with E-state index in [1.54, 1.807) is 42.6 Å². The number of aromatic hydroxyl groups is 1. The quantitative estimate of drug-likeness (QED) is 0.292. The molecule has 0 spiro atoms. The van der Waals surface area contributed by atoms with Crippen LogP contribution >= 0.6 is 0 Å². The highest BCUT2D eigenvalue weighted by atomic mass is 16.3. The Morgan fingerprint density at radius 1 is 0.778 bits per heavy atom. The Bertz CT molecular complexity index is 1240. The van der Waals surface area contributed by atoms with Crippen LogP contribution in [0.4, 0.5) is 5.82 Å². The molecule has 0 radical (unpaired) electrons. The van der Waals surface area contributed by atoms with Gasteiger partial charge in [-0.05, 0) is 40.5 Å². The lowest BCUT2D eigenvalue weighted by atomic mass is 9.90. The summed E-state index contributed by atoms with van der Waals surface area (Å²) in [6.45, 7) is 0.256. The van der Waals surface area contributed by atoms with Crippen LogP contribution in [0.15, 0.2) is 103 Å². The zero-order valence-electron chi connectivity index (χ0n) is 19.7. The first-order valence-corrected chi connectivity index (χ1v) is 11.7. The zero-order chi connectivity index (χ0) is 25.3. The fourth-order valence-corrected chi connectivity index (χ4v) is 3.97. The van der Waals surface area contributed by atoms with Gasteiger partial charge in [0, 0.05) is 19.2 Å². The summed E-state index contributed by atoms with van der Waals surface area (Å²) >= 11 is 0. The van der Waals surface area contributed by atoms with E-state index in [2.05, 4.69) is 15.6 Å². The number of nitrogens with two attached hydrogens (primary N) is 1. The average Bonchev–Trinajstić information content (AvgIpc) is 2.90. The summed E-state index contributed by atoms with van der Waals surface area (Å²) in [6.07, 6.45) is 1.85. The van der Waals surface area contributed by atoms with E-state index < -0.39 is 12.0 Å². The molecule has 0 saturated carbocycles. The number of phenols is 1. The molecule has 5 N–H and O–H groups in total. The lowest BCUT2D eigenvalue weighted by Crippen LogP contribution is -2.49. The number of hydrogen-bond donors (Lipinski definition) is 4. The second-order valence-corrected chi connectivity index (χ2v) is 8.50. The molecule has 1 heterocycles. The van der Waals surface area contributed by atoms with Crippen molar-refractivity contribution in [3.8, 4) is 5.75 Å². The van der Waals surface area contributed by atoms with Crippen LogP contribution in [-0.4, -0.2) is 27.9 Å². The third-order valence-electron chi connectivity index (χ3n) is 5.85. The van der Waals surface area contributed by atoms with Gasteiger partial charge in [0.05, 0.1) is 5.92 Å². The predicted molar refractivity (Wildman–Crippen MR) is 139 cm³/mol. The van der Waals surface area contributed by atoms with Crippen LogP contribution in [0.25, 0.3) is 0 Å². The monoisotopic (exact) mass is 480 g/mol. The van der Waals surface area contributed by atoms with Crippen molar-refractivity contribution in [3.63, 3.8) is 0 Å². The number of nitrogens with one attached hydrogen (secondary N) is 2. The minimum absolute atomic E-state index is 0.152. The van der Waals surface area contributed by atoms with Crippen molar-refractivity contribution in [3.05, 3.63) is 126 Å². The standard InChI is InChI=1S/C29H28N4O3/c30-26-16-13-21(19-31-26)17-25(28(35)32-18-20-11-14-24(34)15-12-20)33-29(36)27(22-7-3-1-4-8-22)23-9-5-2-6-10-23/h1-16,19,25,27,34H,17-18H2,(H2,30,31)(H,32,35)(H,33,36). The van der Waals surface area contributed by atoms with Gasteiger partial charge in [0.25, 0.3) is 0 Å². The van der Waals surface area contributed by atoms with Crippen molar-refractivity contribution >= 4 is 17.6 Å². The molecule has 1 atom stereocenters. The van der Waals surface area contributed by atoms with Crippen LogP contribution in [-0.2, 0) is 22.6 Å². The number of nitrogen functional groups attached to an aromatic ring is 1. The van der Waals surface area contributed by atoms with Gasteiger partial charge in [-0.1, -0.05) is 78.9 Å².